The predicted octanol–water partition coefficient (Wildman–Crippen LogP) is -1.37. The van der Waals surface area contributed by atoms with E-state index in [0.717, 1.165) is 0 Å². The maximum absolute atomic E-state index is 11.2. The summed E-state index contributed by atoms with van der Waals surface area (Å²) in [5.74, 6) is 0. The number of quaternary nitrogens is 1. The molecule has 0 aliphatic carbocycles. The fourth-order valence-corrected chi connectivity index (χ4v) is 2.33. The summed E-state index contributed by atoms with van der Waals surface area (Å²) in [5, 5.41) is 8.28. The molecule has 3 N–H and O–H groups in total. The summed E-state index contributed by atoms with van der Waals surface area (Å²) in [5.41, 5.74) is 0. The Bertz CT molecular complexity index is 264. The molecule has 2 unspecified atom stereocenters. The van der Waals surface area contributed by atoms with Crippen LogP contribution in [-0.4, -0.2) is 45.0 Å². The Labute approximate surface area is 73.3 Å². The average Bonchev–Trinajstić information content (AvgIpc) is 1.93. The molecule has 0 aromatic carbocycles. The standard InChI is InChI=1S/C6H16N3O2S/c1-6-5-8-3-4-9(6,2)12(7,10)11/h6,8H,3-5H2,1-2H3,(H2,7,10,11)/q+1. The van der Waals surface area contributed by atoms with E-state index in [1.807, 2.05) is 6.92 Å². The number of rotatable bonds is 1. The molecule has 0 radical (unpaired) electrons. The molecule has 1 aliphatic rings. The second kappa shape index (κ2) is 2.95. The van der Waals surface area contributed by atoms with Crippen LogP contribution in [-0.2, 0) is 10.2 Å². The number of nitrogens with two attached hydrogens (primary N) is 1. The van der Waals surface area contributed by atoms with Crippen molar-refractivity contribution in [2.45, 2.75) is 13.0 Å². The lowest BCUT2D eigenvalue weighted by Gasteiger charge is -2.39. The van der Waals surface area contributed by atoms with Crippen molar-refractivity contribution in [1.82, 2.24) is 5.32 Å². The molecule has 2 atom stereocenters. The molecule has 0 amide bonds. The third-order valence-corrected chi connectivity index (χ3v) is 4.39. The Balaban J connectivity index is 2.95. The first-order valence-corrected chi connectivity index (χ1v) is 5.47. The number of hydrogen-bond donors (Lipinski definition) is 2. The van der Waals surface area contributed by atoms with Gasteiger partial charge in [-0.2, -0.15) is 13.6 Å². The quantitative estimate of drug-likeness (QED) is 0.506. The van der Waals surface area contributed by atoms with Gasteiger partial charge >= 0.3 is 10.2 Å². The molecule has 12 heavy (non-hydrogen) atoms. The van der Waals surface area contributed by atoms with E-state index < -0.39 is 10.2 Å². The number of likely N-dealkylation sites (N-methyl/N-ethyl adjacent to an activating group) is 1. The van der Waals surface area contributed by atoms with Crippen molar-refractivity contribution >= 4 is 10.2 Å². The number of nitrogens with one attached hydrogen (secondary N) is 1. The van der Waals surface area contributed by atoms with Crippen LogP contribution in [0.2, 0.25) is 0 Å². The molecule has 0 aromatic heterocycles. The molecule has 5 nitrogen and oxygen atoms in total. The van der Waals surface area contributed by atoms with E-state index in [0.29, 0.717) is 19.6 Å². The summed E-state index contributed by atoms with van der Waals surface area (Å²) in [6, 6.07) is 0.0220. The van der Waals surface area contributed by atoms with Gasteiger partial charge in [0.15, 0.2) is 0 Å². The molecule has 1 fully saturated rings. The van der Waals surface area contributed by atoms with E-state index in [1.165, 1.54) is 0 Å². The van der Waals surface area contributed by atoms with Gasteiger partial charge in [0.1, 0.15) is 12.6 Å². The summed E-state index contributed by atoms with van der Waals surface area (Å²) in [4.78, 5) is 0. The van der Waals surface area contributed by atoms with Gasteiger partial charge in [0.05, 0.1) is 7.05 Å². The molecule has 1 saturated heterocycles. The van der Waals surface area contributed by atoms with Crippen molar-refractivity contribution in [2.24, 2.45) is 5.14 Å². The summed E-state index contributed by atoms with van der Waals surface area (Å²) >= 11 is 0. The zero-order valence-electron chi connectivity index (χ0n) is 7.45. The highest BCUT2D eigenvalue weighted by molar-refractivity contribution is 7.83. The second-order valence-corrected chi connectivity index (χ2v) is 5.33. The lowest BCUT2D eigenvalue weighted by atomic mass is 10.2. The molecule has 6 heteroatoms. The Morgan fingerprint density at radius 2 is 2.17 bits per heavy atom. The van der Waals surface area contributed by atoms with Crippen LogP contribution in [0.1, 0.15) is 6.92 Å². The van der Waals surface area contributed by atoms with Crippen LogP contribution in [0.3, 0.4) is 0 Å². The van der Waals surface area contributed by atoms with Gasteiger partial charge in [0.25, 0.3) is 0 Å². The van der Waals surface area contributed by atoms with Crippen LogP contribution < -0.4 is 10.5 Å². The first-order valence-electron chi connectivity index (χ1n) is 3.97. The molecular formula is C6H16N3O2S+. The third-order valence-electron chi connectivity index (χ3n) is 2.69. The number of piperazine rings is 1. The van der Waals surface area contributed by atoms with Gasteiger partial charge in [-0.3, -0.25) is 0 Å². The summed E-state index contributed by atoms with van der Waals surface area (Å²) in [6.45, 7) is 3.83. The van der Waals surface area contributed by atoms with Gasteiger partial charge < -0.3 is 5.32 Å². The molecule has 0 bridgehead atoms. The summed E-state index contributed by atoms with van der Waals surface area (Å²) < 4.78 is 22.4. The van der Waals surface area contributed by atoms with Crippen LogP contribution in [0.15, 0.2) is 0 Å². The van der Waals surface area contributed by atoms with Crippen molar-refractivity contribution in [3.8, 4) is 0 Å². The van der Waals surface area contributed by atoms with Crippen molar-refractivity contribution in [3.05, 3.63) is 0 Å². The first-order chi connectivity index (χ1) is 5.38. The molecule has 72 valence electrons. The van der Waals surface area contributed by atoms with Gasteiger partial charge in [-0.15, -0.1) is 0 Å². The predicted molar refractivity (Wildman–Crippen MR) is 46.5 cm³/mol. The minimum atomic E-state index is -3.48. The highest BCUT2D eigenvalue weighted by Gasteiger charge is 2.41. The van der Waals surface area contributed by atoms with Crippen LogP contribution in [0, 0.1) is 0 Å². The maximum Gasteiger partial charge on any atom is 0.367 e. The lowest BCUT2D eigenvalue weighted by molar-refractivity contribution is -0.813. The van der Waals surface area contributed by atoms with Gasteiger partial charge in [-0.25, -0.2) is 3.89 Å². The van der Waals surface area contributed by atoms with E-state index in [-0.39, 0.29) is 9.93 Å². The van der Waals surface area contributed by atoms with Gasteiger partial charge in [0, 0.05) is 13.1 Å². The Kier molecular flexibility index (Phi) is 2.44. The monoisotopic (exact) mass is 194 g/mol. The largest absolute Gasteiger partial charge is 0.367 e. The first kappa shape index (κ1) is 9.91. The fraction of sp³-hybridized carbons (Fsp3) is 1.00. The molecular weight excluding hydrogens is 178 g/mol. The number of nitrogens with zero attached hydrogens (tertiary/aromatic N) is 1. The third kappa shape index (κ3) is 1.47. The van der Waals surface area contributed by atoms with E-state index in [1.54, 1.807) is 7.05 Å². The van der Waals surface area contributed by atoms with Crippen LogP contribution in [0.5, 0.6) is 0 Å². The Hall–Kier alpha value is -0.170. The maximum atomic E-state index is 11.2. The lowest BCUT2D eigenvalue weighted by Crippen LogP contribution is -2.65. The van der Waals surface area contributed by atoms with E-state index in [4.69, 9.17) is 5.14 Å². The minimum absolute atomic E-state index is 0.0220. The highest BCUT2D eigenvalue weighted by Crippen LogP contribution is 2.16. The van der Waals surface area contributed by atoms with E-state index >= 15 is 0 Å². The molecule has 0 spiro atoms. The van der Waals surface area contributed by atoms with Gasteiger partial charge in [-0.05, 0) is 6.92 Å². The smallest absolute Gasteiger partial charge is 0.306 e. The summed E-state index contributed by atoms with van der Waals surface area (Å²) in [7, 11) is -1.81. The molecule has 1 aliphatic heterocycles. The Morgan fingerprint density at radius 3 is 2.50 bits per heavy atom. The van der Waals surface area contributed by atoms with E-state index in [9.17, 15) is 8.42 Å². The molecule has 0 aromatic rings. The zero-order valence-corrected chi connectivity index (χ0v) is 8.26. The molecule has 0 saturated carbocycles. The van der Waals surface area contributed by atoms with Gasteiger partial charge in [-0.1, -0.05) is 0 Å². The average molecular weight is 194 g/mol. The van der Waals surface area contributed by atoms with E-state index in [2.05, 4.69) is 5.32 Å². The zero-order chi connectivity index (χ0) is 9.41. The fourth-order valence-electron chi connectivity index (χ4n) is 1.40. The second-order valence-electron chi connectivity index (χ2n) is 3.47. The van der Waals surface area contributed by atoms with Crippen LogP contribution >= 0.6 is 0 Å². The minimum Gasteiger partial charge on any atom is -0.306 e. The SMILES string of the molecule is CC1CNCC[N+]1(C)S(N)(=O)=O. The highest BCUT2D eigenvalue weighted by atomic mass is 32.2. The van der Waals surface area contributed by atoms with Crippen LogP contribution in [0.4, 0.5) is 0 Å². The Morgan fingerprint density at radius 1 is 1.58 bits per heavy atom. The van der Waals surface area contributed by atoms with Crippen molar-refractivity contribution in [2.75, 3.05) is 26.7 Å². The summed E-state index contributed by atoms with van der Waals surface area (Å²) in [6.07, 6.45) is 0. The van der Waals surface area contributed by atoms with Crippen molar-refractivity contribution in [1.29, 1.82) is 0 Å². The van der Waals surface area contributed by atoms with Crippen LogP contribution in [0.25, 0.3) is 0 Å². The van der Waals surface area contributed by atoms with Gasteiger partial charge in [0.2, 0.25) is 0 Å². The number of hydrogen-bond acceptors (Lipinski definition) is 3. The van der Waals surface area contributed by atoms with Crippen molar-refractivity contribution in [3.63, 3.8) is 0 Å². The normalized spacial score (nSPS) is 38.1. The van der Waals surface area contributed by atoms with Crippen molar-refractivity contribution < 1.29 is 12.3 Å². The topological polar surface area (TPSA) is 72.2 Å². The molecule has 1 heterocycles. The molecule has 1 rings (SSSR count).